The molecule has 1 aromatic rings. The molecule has 8 heteroatoms. The van der Waals surface area contributed by atoms with Gasteiger partial charge < -0.3 is 5.32 Å². The number of rotatable bonds is 6. The van der Waals surface area contributed by atoms with E-state index in [9.17, 15) is 8.78 Å². The molecule has 1 fully saturated rings. The van der Waals surface area contributed by atoms with E-state index in [0.717, 1.165) is 26.1 Å². The largest absolute Gasteiger partial charge is 0.316 e. The van der Waals surface area contributed by atoms with E-state index in [2.05, 4.69) is 27.2 Å². The summed E-state index contributed by atoms with van der Waals surface area (Å²) in [5, 5.41) is 7.20. The first-order valence-electron chi connectivity index (χ1n) is 6.53. The number of halogens is 3. The number of hydrogen-bond acceptors (Lipinski definition) is 4. The molecule has 1 aliphatic rings. The van der Waals surface area contributed by atoms with Crippen LogP contribution in [0.4, 0.5) is 8.78 Å². The van der Waals surface area contributed by atoms with Crippen molar-refractivity contribution in [2.24, 2.45) is 5.41 Å². The van der Waals surface area contributed by atoms with Crippen molar-refractivity contribution in [3.63, 3.8) is 0 Å². The summed E-state index contributed by atoms with van der Waals surface area (Å²) in [6.07, 6.45) is 0.0770. The van der Waals surface area contributed by atoms with Crippen LogP contribution in [0.1, 0.15) is 19.2 Å². The summed E-state index contributed by atoms with van der Waals surface area (Å²) >= 11 is 0. The van der Waals surface area contributed by atoms with Crippen molar-refractivity contribution >= 4 is 12.4 Å². The van der Waals surface area contributed by atoms with Crippen LogP contribution in [-0.4, -0.2) is 52.8 Å². The predicted molar refractivity (Wildman–Crippen MR) is 75.2 cm³/mol. The van der Waals surface area contributed by atoms with Crippen LogP contribution in [0.3, 0.4) is 0 Å². The first-order chi connectivity index (χ1) is 8.98. The SMILES string of the molecule is CN(Cc1ncnn1CC(F)F)CC1(C)CCNC1.Cl. The third-order valence-electron chi connectivity index (χ3n) is 3.53. The molecule has 2 heterocycles. The Hall–Kier alpha value is -0.790. The van der Waals surface area contributed by atoms with Crippen molar-refractivity contribution in [1.29, 1.82) is 0 Å². The quantitative estimate of drug-likeness (QED) is 0.863. The summed E-state index contributed by atoms with van der Waals surface area (Å²) in [6, 6.07) is 0. The van der Waals surface area contributed by atoms with Crippen molar-refractivity contribution in [3.8, 4) is 0 Å². The standard InChI is InChI=1S/C12H21F2N5.ClH/c1-12(3-4-15-7-12)8-18(2)6-11-16-9-17-19(11)5-10(13)14;/h9-10,15H,3-8H2,1-2H3;1H. The van der Waals surface area contributed by atoms with E-state index in [1.807, 2.05) is 7.05 Å². The van der Waals surface area contributed by atoms with E-state index >= 15 is 0 Å². The molecule has 1 atom stereocenters. The molecule has 1 saturated heterocycles. The molecule has 116 valence electrons. The summed E-state index contributed by atoms with van der Waals surface area (Å²) in [6.45, 7) is 5.37. The molecule has 20 heavy (non-hydrogen) atoms. The number of aromatic nitrogens is 3. The van der Waals surface area contributed by atoms with Gasteiger partial charge in [-0.15, -0.1) is 12.4 Å². The van der Waals surface area contributed by atoms with Gasteiger partial charge >= 0.3 is 0 Å². The normalized spacial score (nSPS) is 22.5. The second-order valence-corrected chi connectivity index (χ2v) is 5.66. The Morgan fingerprint density at radius 3 is 2.90 bits per heavy atom. The molecule has 0 saturated carbocycles. The maximum atomic E-state index is 12.4. The lowest BCUT2D eigenvalue weighted by Crippen LogP contribution is -2.35. The van der Waals surface area contributed by atoms with Crippen LogP contribution < -0.4 is 5.32 Å². The van der Waals surface area contributed by atoms with Crippen LogP contribution in [0, 0.1) is 5.41 Å². The average molecular weight is 310 g/mol. The van der Waals surface area contributed by atoms with Gasteiger partial charge in [0.25, 0.3) is 6.43 Å². The van der Waals surface area contributed by atoms with E-state index in [-0.39, 0.29) is 24.4 Å². The van der Waals surface area contributed by atoms with Crippen molar-refractivity contribution in [1.82, 2.24) is 25.0 Å². The van der Waals surface area contributed by atoms with Crippen LogP contribution in [-0.2, 0) is 13.1 Å². The molecule has 2 rings (SSSR count). The summed E-state index contributed by atoms with van der Waals surface area (Å²) in [4.78, 5) is 6.19. The molecular weight excluding hydrogens is 288 g/mol. The molecule has 1 N–H and O–H groups in total. The minimum atomic E-state index is -2.40. The van der Waals surface area contributed by atoms with E-state index in [4.69, 9.17) is 0 Å². The van der Waals surface area contributed by atoms with Crippen LogP contribution in [0.5, 0.6) is 0 Å². The zero-order valence-corrected chi connectivity index (χ0v) is 12.7. The lowest BCUT2D eigenvalue weighted by atomic mass is 9.89. The zero-order chi connectivity index (χ0) is 13.9. The summed E-state index contributed by atoms with van der Waals surface area (Å²) < 4.78 is 26.1. The highest BCUT2D eigenvalue weighted by Crippen LogP contribution is 2.25. The molecule has 1 unspecified atom stereocenters. The zero-order valence-electron chi connectivity index (χ0n) is 11.9. The van der Waals surface area contributed by atoms with E-state index in [1.54, 1.807) is 0 Å². The summed E-state index contributed by atoms with van der Waals surface area (Å²) in [5.74, 6) is 0.595. The lowest BCUT2D eigenvalue weighted by molar-refractivity contribution is 0.117. The fourth-order valence-electron chi connectivity index (χ4n) is 2.65. The van der Waals surface area contributed by atoms with Gasteiger partial charge in [0.1, 0.15) is 18.7 Å². The minimum absolute atomic E-state index is 0. The van der Waals surface area contributed by atoms with Crippen molar-refractivity contribution in [2.75, 3.05) is 26.7 Å². The fraction of sp³-hybridized carbons (Fsp3) is 0.833. The van der Waals surface area contributed by atoms with E-state index in [1.165, 1.54) is 11.0 Å². The van der Waals surface area contributed by atoms with Gasteiger partial charge in [0.05, 0.1) is 6.54 Å². The molecule has 0 spiro atoms. The minimum Gasteiger partial charge on any atom is -0.316 e. The molecule has 1 aromatic heterocycles. The van der Waals surface area contributed by atoms with Crippen molar-refractivity contribution in [2.45, 2.75) is 32.9 Å². The van der Waals surface area contributed by atoms with Gasteiger partial charge in [0, 0.05) is 13.1 Å². The molecule has 0 aromatic carbocycles. The maximum absolute atomic E-state index is 12.4. The highest BCUT2D eigenvalue weighted by atomic mass is 35.5. The monoisotopic (exact) mass is 309 g/mol. The molecule has 1 aliphatic heterocycles. The molecule has 5 nitrogen and oxygen atoms in total. The Morgan fingerprint density at radius 1 is 1.55 bits per heavy atom. The third kappa shape index (κ3) is 4.64. The highest BCUT2D eigenvalue weighted by molar-refractivity contribution is 5.85. The van der Waals surface area contributed by atoms with Crippen LogP contribution >= 0.6 is 12.4 Å². The van der Waals surface area contributed by atoms with Gasteiger partial charge in [-0.05, 0) is 25.4 Å². The Morgan fingerprint density at radius 2 is 2.30 bits per heavy atom. The number of nitrogens with one attached hydrogen (secondary N) is 1. The highest BCUT2D eigenvalue weighted by Gasteiger charge is 2.30. The Labute approximate surface area is 124 Å². The second-order valence-electron chi connectivity index (χ2n) is 5.66. The first-order valence-corrected chi connectivity index (χ1v) is 6.53. The third-order valence-corrected chi connectivity index (χ3v) is 3.53. The topological polar surface area (TPSA) is 46.0 Å². The van der Waals surface area contributed by atoms with Crippen LogP contribution in [0.25, 0.3) is 0 Å². The smallest absolute Gasteiger partial charge is 0.257 e. The van der Waals surface area contributed by atoms with Crippen molar-refractivity contribution < 1.29 is 8.78 Å². The predicted octanol–water partition coefficient (Wildman–Crippen LogP) is 1.40. The lowest BCUT2D eigenvalue weighted by Gasteiger charge is -2.28. The molecule has 0 radical (unpaired) electrons. The Bertz CT molecular complexity index is 406. The average Bonchev–Trinajstić information content (AvgIpc) is 2.88. The van der Waals surface area contributed by atoms with Gasteiger partial charge in [-0.25, -0.2) is 18.4 Å². The Kier molecular flexibility index (Phi) is 6.29. The summed E-state index contributed by atoms with van der Waals surface area (Å²) in [7, 11) is 1.99. The molecular formula is C12H22ClF2N5. The molecule has 0 amide bonds. The number of hydrogen-bond donors (Lipinski definition) is 1. The molecule has 0 bridgehead atoms. The van der Waals surface area contributed by atoms with Crippen molar-refractivity contribution in [3.05, 3.63) is 12.2 Å². The second kappa shape index (κ2) is 7.28. The van der Waals surface area contributed by atoms with Gasteiger partial charge in [0.15, 0.2) is 0 Å². The van der Waals surface area contributed by atoms with Gasteiger partial charge in [0.2, 0.25) is 0 Å². The van der Waals surface area contributed by atoms with Gasteiger partial charge in [-0.3, -0.25) is 4.90 Å². The number of alkyl halides is 2. The van der Waals surface area contributed by atoms with E-state index in [0.29, 0.717) is 12.4 Å². The Balaban J connectivity index is 0.00000200. The van der Waals surface area contributed by atoms with Gasteiger partial charge in [-0.1, -0.05) is 6.92 Å². The molecule has 0 aliphatic carbocycles. The fourth-order valence-corrected chi connectivity index (χ4v) is 2.65. The van der Waals surface area contributed by atoms with Crippen LogP contribution in [0.15, 0.2) is 6.33 Å². The van der Waals surface area contributed by atoms with Gasteiger partial charge in [-0.2, -0.15) is 5.10 Å². The first kappa shape index (κ1) is 17.3. The van der Waals surface area contributed by atoms with E-state index < -0.39 is 6.43 Å². The number of nitrogens with zero attached hydrogens (tertiary/aromatic N) is 4. The summed E-state index contributed by atoms with van der Waals surface area (Å²) in [5.41, 5.74) is 0.252. The van der Waals surface area contributed by atoms with Crippen LogP contribution in [0.2, 0.25) is 0 Å². The maximum Gasteiger partial charge on any atom is 0.257 e.